The number of hydrogen-bond donors (Lipinski definition) is 0. The minimum Gasteiger partial charge on any atom is -0.299 e. The predicted octanol–water partition coefficient (Wildman–Crippen LogP) is 3.02. The van der Waals surface area contributed by atoms with Crippen LogP contribution in [0, 0.1) is 0 Å². The molecule has 0 atom stereocenters. The number of hydrogen-bond acceptors (Lipinski definition) is 2. The molecule has 0 aromatic carbocycles. The summed E-state index contributed by atoms with van der Waals surface area (Å²) in [7, 11) is 0. The SMILES string of the molecule is C=C.O=C1CC=C(c2cccnc2)CC1. The second-order valence-electron chi connectivity index (χ2n) is 3.21. The van der Waals surface area contributed by atoms with E-state index in [-0.39, 0.29) is 0 Å². The van der Waals surface area contributed by atoms with E-state index in [0.29, 0.717) is 18.6 Å². The molecule has 1 aliphatic rings. The highest BCUT2D eigenvalue weighted by Gasteiger charge is 2.11. The number of ketones is 1. The van der Waals surface area contributed by atoms with E-state index in [0.717, 1.165) is 12.0 Å². The summed E-state index contributed by atoms with van der Waals surface area (Å²) in [6.45, 7) is 6.00. The molecular formula is C13H15NO. The molecule has 0 radical (unpaired) electrons. The molecule has 0 unspecified atom stereocenters. The molecule has 2 heteroatoms. The predicted molar refractivity (Wildman–Crippen MR) is 62.3 cm³/mol. The number of pyridine rings is 1. The number of aromatic nitrogens is 1. The summed E-state index contributed by atoms with van der Waals surface area (Å²) in [6.07, 6.45) is 7.76. The minimum absolute atomic E-state index is 0.340. The smallest absolute Gasteiger partial charge is 0.137 e. The van der Waals surface area contributed by atoms with Gasteiger partial charge in [0.05, 0.1) is 0 Å². The van der Waals surface area contributed by atoms with Gasteiger partial charge in [-0.15, -0.1) is 13.2 Å². The fraction of sp³-hybridized carbons (Fsp3) is 0.231. The van der Waals surface area contributed by atoms with Crippen molar-refractivity contribution in [3.05, 3.63) is 49.3 Å². The van der Waals surface area contributed by atoms with Crippen molar-refractivity contribution < 1.29 is 4.79 Å². The third kappa shape index (κ3) is 3.17. The summed E-state index contributed by atoms with van der Waals surface area (Å²) >= 11 is 0. The standard InChI is InChI=1S/C11H11NO.C2H4/c13-11-5-3-9(4-6-11)10-2-1-7-12-8-10;1-2/h1-3,7-8H,4-6H2;1-2H2. The zero-order valence-electron chi connectivity index (χ0n) is 8.78. The molecular weight excluding hydrogens is 186 g/mol. The minimum atomic E-state index is 0.340. The van der Waals surface area contributed by atoms with Crippen molar-refractivity contribution in [1.29, 1.82) is 0 Å². The quantitative estimate of drug-likeness (QED) is 0.654. The molecule has 0 aliphatic heterocycles. The van der Waals surface area contributed by atoms with Gasteiger partial charge in [-0.25, -0.2) is 0 Å². The number of Topliss-reactive ketones (excluding diaryl/α,β-unsaturated/α-hetero) is 1. The van der Waals surface area contributed by atoms with Crippen molar-refractivity contribution in [2.24, 2.45) is 0 Å². The van der Waals surface area contributed by atoms with Gasteiger partial charge in [-0.2, -0.15) is 0 Å². The molecule has 1 aromatic rings. The van der Waals surface area contributed by atoms with Crippen LogP contribution < -0.4 is 0 Å². The van der Waals surface area contributed by atoms with Crippen LogP contribution >= 0.6 is 0 Å². The van der Waals surface area contributed by atoms with E-state index in [2.05, 4.69) is 18.1 Å². The Kier molecular flexibility index (Phi) is 4.48. The van der Waals surface area contributed by atoms with Crippen molar-refractivity contribution >= 4 is 11.4 Å². The molecule has 0 saturated heterocycles. The lowest BCUT2D eigenvalue weighted by Crippen LogP contribution is -2.02. The van der Waals surface area contributed by atoms with E-state index >= 15 is 0 Å². The van der Waals surface area contributed by atoms with Crippen LogP contribution in [-0.4, -0.2) is 10.8 Å². The van der Waals surface area contributed by atoms with Gasteiger partial charge in [0.2, 0.25) is 0 Å². The zero-order valence-corrected chi connectivity index (χ0v) is 8.78. The third-order valence-corrected chi connectivity index (χ3v) is 2.28. The Bertz CT molecular complexity index is 354. The van der Waals surface area contributed by atoms with Crippen LogP contribution in [0.2, 0.25) is 0 Å². The number of carbonyl (C=O) groups is 1. The van der Waals surface area contributed by atoms with Crippen LogP contribution in [-0.2, 0) is 4.79 Å². The van der Waals surface area contributed by atoms with Crippen LogP contribution in [0.1, 0.15) is 24.8 Å². The maximum atomic E-state index is 11.0. The lowest BCUT2D eigenvalue weighted by atomic mass is 9.94. The van der Waals surface area contributed by atoms with Crippen LogP contribution in [0.3, 0.4) is 0 Å². The summed E-state index contributed by atoms with van der Waals surface area (Å²) in [5.74, 6) is 0.340. The highest BCUT2D eigenvalue weighted by Crippen LogP contribution is 2.23. The molecule has 0 saturated carbocycles. The first-order valence-electron chi connectivity index (χ1n) is 4.97. The number of allylic oxidation sites excluding steroid dienone is 2. The second kappa shape index (κ2) is 5.91. The van der Waals surface area contributed by atoms with E-state index in [9.17, 15) is 4.79 Å². The molecule has 15 heavy (non-hydrogen) atoms. The van der Waals surface area contributed by atoms with Gasteiger partial charge in [0.15, 0.2) is 0 Å². The van der Waals surface area contributed by atoms with Gasteiger partial charge < -0.3 is 0 Å². The summed E-state index contributed by atoms with van der Waals surface area (Å²) in [6, 6.07) is 3.96. The molecule has 1 aliphatic carbocycles. The van der Waals surface area contributed by atoms with Gasteiger partial charge in [0.1, 0.15) is 5.78 Å². The third-order valence-electron chi connectivity index (χ3n) is 2.28. The average Bonchev–Trinajstić information content (AvgIpc) is 2.34. The topological polar surface area (TPSA) is 30.0 Å². The molecule has 0 N–H and O–H groups in total. The highest BCUT2D eigenvalue weighted by atomic mass is 16.1. The molecule has 78 valence electrons. The monoisotopic (exact) mass is 201 g/mol. The van der Waals surface area contributed by atoms with Crippen LogP contribution in [0.5, 0.6) is 0 Å². The van der Waals surface area contributed by atoms with Crippen molar-refractivity contribution in [3.63, 3.8) is 0 Å². The largest absolute Gasteiger partial charge is 0.299 e. The zero-order chi connectivity index (χ0) is 11.1. The van der Waals surface area contributed by atoms with Crippen molar-refractivity contribution in [2.45, 2.75) is 19.3 Å². The molecule has 0 bridgehead atoms. The van der Waals surface area contributed by atoms with Crippen molar-refractivity contribution in [1.82, 2.24) is 4.98 Å². The Morgan fingerprint density at radius 3 is 2.60 bits per heavy atom. The molecule has 1 heterocycles. The second-order valence-corrected chi connectivity index (χ2v) is 3.21. The molecule has 2 rings (SSSR count). The Morgan fingerprint density at radius 1 is 1.27 bits per heavy atom. The Balaban J connectivity index is 0.000000531. The molecule has 1 aromatic heterocycles. The fourth-order valence-electron chi connectivity index (χ4n) is 1.53. The van der Waals surface area contributed by atoms with Crippen molar-refractivity contribution in [3.8, 4) is 0 Å². The van der Waals surface area contributed by atoms with E-state index < -0.39 is 0 Å². The Morgan fingerprint density at radius 2 is 2.07 bits per heavy atom. The molecule has 0 amide bonds. The average molecular weight is 201 g/mol. The van der Waals surface area contributed by atoms with Gasteiger partial charge in [0, 0.05) is 25.2 Å². The van der Waals surface area contributed by atoms with E-state index in [1.807, 2.05) is 24.4 Å². The first-order chi connectivity index (χ1) is 7.36. The summed E-state index contributed by atoms with van der Waals surface area (Å²) < 4.78 is 0. The van der Waals surface area contributed by atoms with Gasteiger partial charge in [-0.05, 0) is 23.6 Å². The maximum absolute atomic E-state index is 11.0. The van der Waals surface area contributed by atoms with Crippen molar-refractivity contribution in [2.75, 3.05) is 0 Å². The molecule has 0 fully saturated rings. The van der Waals surface area contributed by atoms with Gasteiger partial charge in [0.25, 0.3) is 0 Å². The van der Waals surface area contributed by atoms with Gasteiger partial charge >= 0.3 is 0 Å². The van der Waals surface area contributed by atoms with Crippen LogP contribution in [0.4, 0.5) is 0 Å². The number of carbonyl (C=O) groups excluding carboxylic acids is 1. The summed E-state index contributed by atoms with van der Waals surface area (Å²) in [5.41, 5.74) is 2.41. The Labute approximate surface area is 90.4 Å². The van der Waals surface area contributed by atoms with Gasteiger partial charge in [-0.3, -0.25) is 9.78 Å². The van der Waals surface area contributed by atoms with Crippen LogP contribution in [0.25, 0.3) is 5.57 Å². The first-order valence-corrected chi connectivity index (χ1v) is 4.97. The Hall–Kier alpha value is -1.70. The van der Waals surface area contributed by atoms with E-state index in [1.165, 1.54) is 5.57 Å². The summed E-state index contributed by atoms with van der Waals surface area (Å²) in [5, 5.41) is 0. The van der Waals surface area contributed by atoms with Crippen LogP contribution in [0.15, 0.2) is 43.8 Å². The summed E-state index contributed by atoms with van der Waals surface area (Å²) in [4.78, 5) is 15.0. The fourth-order valence-corrected chi connectivity index (χ4v) is 1.53. The first kappa shape index (κ1) is 11.4. The number of rotatable bonds is 1. The van der Waals surface area contributed by atoms with Gasteiger partial charge in [-0.1, -0.05) is 12.1 Å². The maximum Gasteiger partial charge on any atom is 0.137 e. The molecule has 0 spiro atoms. The molecule has 2 nitrogen and oxygen atoms in total. The van der Waals surface area contributed by atoms with E-state index in [4.69, 9.17) is 0 Å². The normalized spacial score (nSPS) is 14.9. The highest BCUT2D eigenvalue weighted by molar-refractivity contribution is 5.86. The lowest BCUT2D eigenvalue weighted by Gasteiger charge is -2.11. The lowest BCUT2D eigenvalue weighted by molar-refractivity contribution is -0.118. The number of nitrogens with zero attached hydrogens (tertiary/aromatic N) is 1. The van der Waals surface area contributed by atoms with E-state index in [1.54, 1.807) is 6.20 Å².